The first kappa shape index (κ1) is 22.8. The first-order valence-corrected chi connectivity index (χ1v) is 9.14. The maximum atomic E-state index is 12.4. The number of rotatable bonds is 7. The molecular weight excluding hydrogens is 370 g/mol. The molecule has 1 atom stereocenters. The van der Waals surface area contributed by atoms with Crippen LogP contribution in [0.25, 0.3) is 0 Å². The minimum Gasteiger partial charge on any atom is -0.444 e. The molecule has 0 aliphatic heterocycles. The van der Waals surface area contributed by atoms with Crippen LogP contribution in [0.2, 0.25) is 5.02 Å². The molecule has 150 valence electrons. The summed E-state index contributed by atoms with van der Waals surface area (Å²) in [6.07, 6.45) is -0.689. The van der Waals surface area contributed by atoms with Crippen LogP contribution in [0.1, 0.15) is 40.2 Å². The van der Waals surface area contributed by atoms with Gasteiger partial charge in [-0.1, -0.05) is 37.6 Å². The Kier molecular flexibility index (Phi) is 8.56. The molecule has 0 radical (unpaired) electrons. The fourth-order valence-corrected chi connectivity index (χ4v) is 2.25. The molecule has 0 saturated carbocycles. The van der Waals surface area contributed by atoms with E-state index in [1.807, 2.05) is 26.0 Å². The zero-order valence-corrected chi connectivity index (χ0v) is 17.1. The second-order valence-electron chi connectivity index (χ2n) is 7.49. The van der Waals surface area contributed by atoms with Crippen LogP contribution in [0.4, 0.5) is 4.79 Å². The monoisotopic (exact) mass is 397 g/mol. The lowest BCUT2D eigenvalue weighted by molar-refractivity contribution is -0.129. The van der Waals surface area contributed by atoms with Gasteiger partial charge in [-0.2, -0.15) is 0 Å². The van der Waals surface area contributed by atoms with Crippen LogP contribution in [0.5, 0.6) is 0 Å². The van der Waals surface area contributed by atoms with Crippen molar-refractivity contribution in [1.82, 2.24) is 16.0 Å². The van der Waals surface area contributed by atoms with Crippen LogP contribution >= 0.6 is 11.6 Å². The molecule has 0 aromatic heterocycles. The molecule has 0 fully saturated rings. The van der Waals surface area contributed by atoms with E-state index < -0.39 is 23.6 Å². The number of halogens is 1. The number of carbonyl (C=O) groups excluding carboxylic acids is 3. The number of benzene rings is 1. The molecule has 3 N–H and O–H groups in total. The fraction of sp³-hybridized carbons (Fsp3) is 0.526. The number of ether oxygens (including phenoxy) is 1. The zero-order chi connectivity index (χ0) is 20.6. The molecular formula is C19H28ClN3O4. The molecule has 27 heavy (non-hydrogen) atoms. The molecule has 1 aromatic rings. The summed E-state index contributed by atoms with van der Waals surface area (Å²) in [6, 6.07) is 6.40. The van der Waals surface area contributed by atoms with Crippen molar-refractivity contribution in [2.24, 2.45) is 5.92 Å². The SMILES string of the molecule is CC(C)[C@H](NC(=O)CNC(=O)OC(C)(C)C)C(=O)NCc1ccc(Cl)cc1. The Labute approximate surface area is 165 Å². The van der Waals surface area contributed by atoms with Crippen molar-refractivity contribution >= 4 is 29.5 Å². The summed E-state index contributed by atoms with van der Waals surface area (Å²) in [6.45, 7) is 8.89. The maximum absolute atomic E-state index is 12.4. The standard InChI is InChI=1S/C19H28ClN3O4/c1-12(2)16(17(25)21-10-13-6-8-14(20)9-7-13)23-15(24)11-22-18(26)27-19(3,4)5/h6-9,12,16H,10-11H2,1-5H3,(H,21,25)(H,22,26)(H,23,24)/t16-/m0/s1. The van der Waals surface area contributed by atoms with E-state index in [-0.39, 0.29) is 18.4 Å². The van der Waals surface area contributed by atoms with E-state index in [4.69, 9.17) is 16.3 Å². The number of nitrogens with one attached hydrogen (secondary N) is 3. The third-order valence-corrected chi connectivity index (χ3v) is 3.69. The lowest BCUT2D eigenvalue weighted by Gasteiger charge is -2.22. The van der Waals surface area contributed by atoms with Crippen molar-refractivity contribution < 1.29 is 19.1 Å². The van der Waals surface area contributed by atoms with Crippen LogP contribution in [0.15, 0.2) is 24.3 Å². The first-order chi connectivity index (χ1) is 12.5. The van der Waals surface area contributed by atoms with E-state index >= 15 is 0 Å². The highest BCUT2D eigenvalue weighted by Crippen LogP contribution is 2.10. The van der Waals surface area contributed by atoms with Gasteiger partial charge in [-0.15, -0.1) is 0 Å². The molecule has 0 unspecified atom stereocenters. The molecule has 7 nitrogen and oxygen atoms in total. The van der Waals surface area contributed by atoms with E-state index in [9.17, 15) is 14.4 Å². The van der Waals surface area contributed by atoms with Crippen molar-refractivity contribution in [1.29, 1.82) is 0 Å². The lowest BCUT2D eigenvalue weighted by atomic mass is 10.0. The highest BCUT2D eigenvalue weighted by molar-refractivity contribution is 6.30. The van der Waals surface area contributed by atoms with E-state index in [0.717, 1.165) is 5.56 Å². The topological polar surface area (TPSA) is 96.5 Å². The molecule has 0 spiro atoms. The molecule has 0 heterocycles. The fourth-order valence-electron chi connectivity index (χ4n) is 2.13. The Hall–Kier alpha value is -2.28. The molecule has 0 aliphatic carbocycles. The molecule has 0 aliphatic rings. The predicted molar refractivity (Wildman–Crippen MR) is 104 cm³/mol. The van der Waals surface area contributed by atoms with Gasteiger partial charge in [-0.3, -0.25) is 9.59 Å². The van der Waals surface area contributed by atoms with Gasteiger partial charge in [0.05, 0.1) is 0 Å². The van der Waals surface area contributed by atoms with Gasteiger partial charge in [0.25, 0.3) is 0 Å². The number of hydrogen-bond acceptors (Lipinski definition) is 4. The van der Waals surface area contributed by atoms with Crippen molar-refractivity contribution in [3.63, 3.8) is 0 Å². The van der Waals surface area contributed by atoms with Gasteiger partial charge < -0.3 is 20.7 Å². The first-order valence-electron chi connectivity index (χ1n) is 8.76. The Balaban J connectivity index is 2.51. The summed E-state index contributed by atoms with van der Waals surface area (Å²) < 4.78 is 5.07. The summed E-state index contributed by atoms with van der Waals surface area (Å²) in [5.74, 6) is -0.896. The highest BCUT2D eigenvalue weighted by Gasteiger charge is 2.24. The number of carbonyl (C=O) groups is 3. The van der Waals surface area contributed by atoms with Crippen LogP contribution in [0, 0.1) is 5.92 Å². The van der Waals surface area contributed by atoms with Gasteiger partial charge in [0, 0.05) is 11.6 Å². The number of amides is 3. The van der Waals surface area contributed by atoms with E-state index in [1.54, 1.807) is 32.9 Å². The summed E-state index contributed by atoms with van der Waals surface area (Å²) >= 11 is 5.84. The Morgan fingerprint density at radius 2 is 1.67 bits per heavy atom. The summed E-state index contributed by atoms with van der Waals surface area (Å²) in [5.41, 5.74) is 0.246. The second-order valence-corrected chi connectivity index (χ2v) is 7.93. The Morgan fingerprint density at radius 1 is 1.07 bits per heavy atom. The quantitative estimate of drug-likeness (QED) is 0.658. The van der Waals surface area contributed by atoms with E-state index in [1.165, 1.54) is 0 Å². The average Bonchev–Trinajstić information content (AvgIpc) is 2.55. The molecule has 0 bridgehead atoms. The largest absolute Gasteiger partial charge is 0.444 e. The van der Waals surface area contributed by atoms with Crippen LogP contribution in [-0.4, -0.2) is 36.1 Å². The van der Waals surface area contributed by atoms with Crippen molar-refractivity contribution in [2.45, 2.75) is 52.8 Å². The summed E-state index contributed by atoms with van der Waals surface area (Å²) in [7, 11) is 0. The third kappa shape index (κ3) is 9.28. The van der Waals surface area contributed by atoms with Gasteiger partial charge >= 0.3 is 6.09 Å². The maximum Gasteiger partial charge on any atom is 0.408 e. The van der Waals surface area contributed by atoms with Crippen LogP contribution in [-0.2, 0) is 20.9 Å². The number of alkyl carbamates (subject to hydrolysis) is 1. The smallest absolute Gasteiger partial charge is 0.408 e. The minimum atomic E-state index is -0.717. The Morgan fingerprint density at radius 3 is 2.19 bits per heavy atom. The molecule has 0 saturated heterocycles. The Bertz CT molecular complexity index is 654. The minimum absolute atomic E-state index is 0.124. The zero-order valence-electron chi connectivity index (χ0n) is 16.4. The average molecular weight is 398 g/mol. The molecule has 3 amide bonds. The van der Waals surface area contributed by atoms with Gasteiger partial charge in [-0.25, -0.2) is 4.79 Å². The summed E-state index contributed by atoms with van der Waals surface area (Å²) in [5, 5.41) is 8.42. The second kappa shape index (κ2) is 10.2. The van der Waals surface area contributed by atoms with E-state index in [0.29, 0.717) is 11.6 Å². The summed E-state index contributed by atoms with van der Waals surface area (Å²) in [4.78, 5) is 36.1. The molecule has 1 aromatic carbocycles. The van der Waals surface area contributed by atoms with Crippen molar-refractivity contribution in [3.8, 4) is 0 Å². The normalized spacial score (nSPS) is 12.3. The predicted octanol–water partition coefficient (Wildman–Crippen LogP) is 2.62. The third-order valence-electron chi connectivity index (χ3n) is 3.44. The van der Waals surface area contributed by atoms with Crippen molar-refractivity contribution in [3.05, 3.63) is 34.9 Å². The van der Waals surface area contributed by atoms with E-state index in [2.05, 4.69) is 16.0 Å². The van der Waals surface area contributed by atoms with Crippen LogP contribution < -0.4 is 16.0 Å². The van der Waals surface area contributed by atoms with Gasteiger partial charge in [0.2, 0.25) is 11.8 Å². The highest BCUT2D eigenvalue weighted by atomic mass is 35.5. The molecule has 8 heteroatoms. The van der Waals surface area contributed by atoms with Crippen molar-refractivity contribution in [2.75, 3.05) is 6.54 Å². The number of hydrogen-bond donors (Lipinski definition) is 3. The molecule has 1 rings (SSSR count). The van der Waals surface area contributed by atoms with Gasteiger partial charge in [0.15, 0.2) is 0 Å². The van der Waals surface area contributed by atoms with Crippen LogP contribution in [0.3, 0.4) is 0 Å². The lowest BCUT2D eigenvalue weighted by Crippen LogP contribution is -2.52. The van der Waals surface area contributed by atoms with Gasteiger partial charge in [0.1, 0.15) is 18.2 Å². The van der Waals surface area contributed by atoms with Gasteiger partial charge in [-0.05, 0) is 44.4 Å².